The summed E-state index contributed by atoms with van der Waals surface area (Å²) < 4.78 is 10.9. The van der Waals surface area contributed by atoms with Gasteiger partial charge in [-0.1, -0.05) is 11.6 Å². The van der Waals surface area contributed by atoms with Crippen molar-refractivity contribution in [2.75, 3.05) is 13.2 Å². The monoisotopic (exact) mass is 228 g/mol. The Balaban J connectivity index is 2.12. The highest BCUT2D eigenvalue weighted by Gasteiger charge is 2.18. The van der Waals surface area contributed by atoms with Crippen molar-refractivity contribution < 1.29 is 14.6 Å². The van der Waals surface area contributed by atoms with Gasteiger partial charge in [-0.05, 0) is 18.2 Å². The molecule has 1 aromatic carbocycles. The average Bonchev–Trinajstić information content (AvgIpc) is 2.73. The van der Waals surface area contributed by atoms with Gasteiger partial charge in [0.15, 0.2) is 0 Å². The van der Waals surface area contributed by atoms with Crippen LogP contribution in [0, 0.1) is 0 Å². The van der Waals surface area contributed by atoms with Crippen LogP contribution in [-0.4, -0.2) is 24.4 Å². The largest absolute Gasteiger partial charge is 0.488 e. The first-order valence-electron chi connectivity index (χ1n) is 4.93. The molecule has 4 heteroatoms. The quantitative estimate of drug-likeness (QED) is 0.860. The van der Waals surface area contributed by atoms with Crippen molar-refractivity contribution in [1.29, 1.82) is 0 Å². The Morgan fingerprint density at radius 2 is 2.40 bits per heavy atom. The van der Waals surface area contributed by atoms with Gasteiger partial charge in [-0.15, -0.1) is 0 Å². The lowest BCUT2D eigenvalue weighted by Gasteiger charge is -2.14. The molecule has 0 amide bonds. The van der Waals surface area contributed by atoms with Gasteiger partial charge in [0.05, 0.1) is 19.8 Å². The van der Waals surface area contributed by atoms with Crippen molar-refractivity contribution in [3.63, 3.8) is 0 Å². The topological polar surface area (TPSA) is 38.7 Å². The van der Waals surface area contributed by atoms with E-state index >= 15 is 0 Å². The van der Waals surface area contributed by atoms with Gasteiger partial charge >= 0.3 is 0 Å². The van der Waals surface area contributed by atoms with Gasteiger partial charge in [0.2, 0.25) is 0 Å². The lowest BCUT2D eigenvalue weighted by atomic mass is 10.2. The first-order valence-corrected chi connectivity index (χ1v) is 5.31. The van der Waals surface area contributed by atoms with Crippen LogP contribution < -0.4 is 4.74 Å². The fourth-order valence-corrected chi connectivity index (χ4v) is 1.77. The van der Waals surface area contributed by atoms with Gasteiger partial charge in [0.1, 0.15) is 11.9 Å². The number of rotatable bonds is 3. The Morgan fingerprint density at radius 3 is 3.07 bits per heavy atom. The van der Waals surface area contributed by atoms with E-state index in [-0.39, 0.29) is 12.7 Å². The van der Waals surface area contributed by atoms with E-state index in [2.05, 4.69) is 0 Å². The summed E-state index contributed by atoms with van der Waals surface area (Å²) in [6.45, 7) is 1.30. The average molecular weight is 229 g/mol. The molecule has 3 nitrogen and oxygen atoms in total. The molecule has 1 aromatic rings. The number of aliphatic hydroxyl groups is 1. The second-order valence-corrected chi connectivity index (χ2v) is 3.95. The highest BCUT2D eigenvalue weighted by atomic mass is 35.5. The molecule has 2 rings (SSSR count). The maximum atomic E-state index is 9.15. The van der Waals surface area contributed by atoms with Crippen LogP contribution in [0.1, 0.15) is 12.0 Å². The fourth-order valence-electron chi connectivity index (χ4n) is 1.57. The Bertz CT molecular complexity index is 335. The SMILES string of the molecule is OCc1cc(Cl)ccc1OC1CCOC1. The molecule has 1 unspecified atom stereocenters. The first kappa shape index (κ1) is 10.7. The molecule has 0 aliphatic carbocycles. The van der Waals surface area contributed by atoms with Gasteiger partial charge < -0.3 is 14.6 Å². The number of benzene rings is 1. The molecule has 0 bridgehead atoms. The molecule has 82 valence electrons. The molecular weight excluding hydrogens is 216 g/mol. The van der Waals surface area contributed by atoms with Crippen molar-refractivity contribution in [2.24, 2.45) is 0 Å². The molecule has 0 aromatic heterocycles. The maximum Gasteiger partial charge on any atom is 0.125 e. The molecular formula is C11H13ClO3. The van der Waals surface area contributed by atoms with Crippen LogP contribution in [0.15, 0.2) is 18.2 Å². The third-order valence-electron chi connectivity index (χ3n) is 2.37. The Hall–Kier alpha value is -0.770. The molecule has 15 heavy (non-hydrogen) atoms. The second kappa shape index (κ2) is 4.84. The minimum atomic E-state index is -0.0660. The third-order valence-corrected chi connectivity index (χ3v) is 2.61. The second-order valence-electron chi connectivity index (χ2n) is 3.51. The molecule has 1 atom stereocenters. The fraction of sp³-hybridized carbons (Fsp3) is 0.455. The predicted octanol–water partition coefficient (Wildman–Crippen LogP) is 2.00. The van der Waals surface area contributed by atoms with Crippen molar-refractivity contribution in [3.8, 4) is 5.75 Å². The van der Waals surface area contributed by atoms with E-state index in [9.17, 15) is 0 Å². The highest BCUT2D eigenvalue weighted by Crippen LogP contribution is 2.25. The van der Waals surface area contributed by atoms with Crippen molar-refractivity contribution >= 4 is 11.6 Å². The number of hydrogen-bond acceptors (Lipinski definition) is 3. The van der Waals surface area contributed by atoms with E-state index in [1.165, 1.54) is 0 Å². The third kappa shape index (κ3) is 2.62. The Labute approximate surface area is 93.6 Å². The Morgan fingerprint density at radius 1 is 1.53 bits per heavy atom. The molecule has 1 fully saturated rings. The van der Waals surface area contributed by atoms with Crippen molar-refractivity contribution in [2.45, 2.75) is 19.1 Å². The van der Waals surface area contributed by atoms with Crippen LogP contribution >= 0.6 is 11.6 Å². The van der Waals surface area contributed by atoms with E-state index in [0.717, 1.165) is 18.6 Å². The number of aliphatic hydroxyl groups excluding tert-OH is 1. The summed E-state index contributed by atoms with van der Waals surface area (Å²) in [6, 6.07) is 5.25. The predicted molar refractivity (Wildman–Crippen MR) is 57.2 cm³/mol. The zero-order chi connectivity index (χ0) is 10.7. The molecule has 1 saturated heterocycles. The first-order chi connectivity index (χ1) is 7.29. The molecule has 0 radical (unpaired) electrons. The van der Waals surface area contributed by atoms with E-state index in [1.54, 1.807) is 18.2 Å². The van der Waals surface area contributed by atoms with E-state index < -0.39 is 0 Å². The Kier molecular flexibility index (Phi) is 3.46. The molecule has 0 spiro atoms. The lowest BCUT2D eigenvalue weighted by molar-refractivity contribution is 0.139. The molecule has 1 aliphatic rings. The summed E-state index contributed by atoms with van der Waals surface area (Å²) in [7, 11) is 0. The zero-order valence-electron chi connectivity index (χ0n) is 8.28. The van der Waals surface area contributed by atoms with Crippen LogP contribution in [0.3, 0.4) is 0 Å². The molecule has 1 heterocycles. The smallest absolute Gasteiger partial charge is 0.125 e. The molecule has 1 aliphatic heterocycles. The van der Waals surface area contributed by atoms with Gasteiger partial charge in [-0.2, -0.15) is 0 Å². The van der Waals surface area contributed by atoms with E-state index in [0.29, 0.717) is 17.4 Å². The number of ether oxygens (including phenoxy) is 2. The van der Waals surface area contributed by atoms with Crippen LogP contribution in [0.5, 0.6) is 5.75 Å². The zero-order valence-corrected chi connectivity index (χ0v) is 9.04. The summed E-state index contributed by atoms with van der Waals surface area (Å²) in [6.07, 6.45) is 0.990. The minimum absolute atomic E-state index is 0.0660. The standard InChI is InChI=1S/C11H13ClO3/c12-9-1-2-11(8(5-9)6-13)15-10-3-4-14-7-10/h1-2,5,10,13H,3-4,6-7H2. The normalized spacial score (nSPS) is 20.5. The summed E-state index contributed by atoms with van der Waals surface area (Å²) in [5, 5.41) is 9.75. The van der Waals surface area contributed by atoms with Crippen molar-refractivity contribution in [1.82, 2.24) is 0 Å². The van der Waals surface area contributed by atoms with Crippen molar-refractivity contribution in [3.05, 3.63) is 28.8 Å². The summed E-state index contributed by atoms with van der Waals surface area (Å²) in [4.78, 5) is 0. The maximum absolute atomic E-state index is 9.15. The summed E-state index contributed by atoms with van der Waals surface area (Å²) in [5.41, 5.74) is 0.717. The summed E-state index contributed by atoms with van der Waals surface area (Å²) >= 11 is 5.82. The van der Waals surface area contributed by atoms with Crippen LogP contribution in [0.4, 0.5) is 0 Å². The highest BCUT2D eigenvalue weighted by molar-refractivity contribution is 6.30. The number of halogens is 1. The van der Waals surface area contributed by atoms with Gasteiger partial charge in [-0.3, -0.25) is 0 Å². The summed E-state index contributed by atoms with van der Waals surface area (Å²) in [5.74, 6) is 0.692. The number of hydrogen-bond donors (Lipinski definition) is 1. The van der Waals surface area contributed by atoms with Gasteiger partial charge in [0, 0.05) is 17.0 Å². The van der Waals surface area contributed by atoms with Gasteiger partial charge in [0.25, 0.3) is 0 Å². The van der Waals surface area contributed by atoms with E-state index in [4.69, 9.17) is 26.2 Å². The van der Waals surface area contributed by atoms with Gasteiger partial charge in [-0.25, -0.2) is 0 Å². The van der Waals surface area contributed by atoms with Crippen LogP contribution in [-0.2, 0) is 11.3 Å². The van der Waals surface area contributed by atoms with E-state index in [1.807, 2.05) is 0 Å². The minimum Gasteiger partial charge on any atom is -0.488 e. The van der Waals surface area contributed by atoms with Crippen LogP contribution in [0.2, 0.25) is 5.02 Å². The van der Waals surface area contributed by atoms with Crippen LogP contribution in [0.25, 0.3) is 0 Å². The molecule has 1 N–H and O–H groups in total. The molecule has 0 saturated carbocycles. The lowest BCUT2D eigenvalue weighted by Crippen LogP contribution is -2.16.